The van der Waals surface area contributed by atoms with Gasteiger partial charge in [0.15, 0.2) is 16.6 Å². The summed E-state index contributed by atoms with van der Waals surface area (Å²) in [5, 5.41) is 1.02. The molecule has 27 heavy (non-hydrogen) atoms. The summed E-state index contributed by atoms with van der Waals surface area (Å²) in [6, 6.07) is 15.6. The van der Waals surface area contributed by atoms with Crippen LogP contribution in [0.4, 0.5) is 5.13 Å². The number of nitrogens with zero attached hydrogens (tertiary/aromatic N) is 3. The molecule has 0 saturated carbocycles. The smallest absolute Gasteiger partial charge is 0.267 e. The van der Waals surface area contributed by atoms with Crippen molar-refractivity contribution in [2.75, 3.05) is 37.7 Å². The van der Waals surface area contributed by atoms with Gasteiger partial charge in [0, 0.05) is 26.2 Å². The topological polar surface area (TPSA) is 54.9 Å². The molecule has 3 aromatic rings. The Morgan fingerprint density at radius 3 is 2.56 bits per heavy atom. The van der Waals surface area contributed by atoms with Crippen molar-refractivity contribution in [3.05, 3.63) is 48.5 Å². The van der Waals surface area contributed by atoms with E-state index in [1.165, 1.54) is 4.70 Å². The third-order valence-corrected chi connectivity index (χ3v) is 6.03. The first-order valence-corrected chi connectivity index (χ1v) is 9.87. The first kappa shape index (κ1) is 16.4. The van der Waals surface area contributed by atoms with Crippen LogP contribution in [0.2, 0.25) is 0 Å². The number of rotatable bonds is 2. The lowest BCUT2D eigenvalue weighted by Crippen LogP contribution is -2.54. The van der Waals surface area contributed by atoms with Crippen LogP contribution >= 0.6 is 11.3 Å². The summed E-state index contributed by atoms with van der Waals surface area (Å²) in [6.45, 7) is 3.13. The van der Waals surface area contributed by atoms with Crippen LogP contribution in [-0.2, 0) is 4.79 Å². The van der Waals surface area contributed by atoms with Gasteiger partial charge in [-0.15, -0.1) is 0 Å². The van der Waals surface area contributed by atoms with Gasteiger partial charge in [0.05, 0.1) is 10.2 Å². The number of ether oxygens (including phenoxy) is 2. The van der Waals surface area contributed by atoms with Gasteiger partial charge in [0.1, 0.15) is 6.61 Å². The number of benzene rings is 2. The molecule has 0 unspecified atom stereocenters. The second-order valence-electron chi connectivity index (χ2n) is 6.64. The summed E-state index contributed by atoms with van der Waals surface area (Å²) in [5.74, 6) is 1.32. The Morgan fingerprint density at radius 1 is 1.00 bits per heavy atom. The monoisotopic (exact) mass is 381 g/mol. The molecule has 0 spiro atoms. The van der Waals surface area contributed by atoms with Crippen LogP contribution in [0.15, 0.2) is 48.5 Å². The summed E-state index contributed by atoms with van der Waals surface area (Å²) in [4.78, 5) is 21.7. The lowest BCUT2D eigenvalue weighted by atomic mass is 10.2. The Kier molecular flexibility index (Phi) is 4.09. The largest absolute Gasteiger partial charge is 0.485 e. The van der Waals surface area contributed by atoms with Crippen LogP contribution in [0.1, 0.15) is 0 Å². The molecule has 6 nitrogen and oxygen atoms in total. The molecule has 0 N–H and O–H groups in total. The fourth-order valence-electron chi connectivity index (χ4n) is 3.46. The van der Waals surface area contributed by atoms with E-state index >= 15 is 0 Å². The van der Waals surface area contributed by atoms with Crippen LogP contribution in [0.25, 0.3) is 10.2 Å². The van der Waals surface area contributed by atoms with E-state index < -0.39 is 6.10 Å². The summed E-state index contributed by atoms with van der Waals surface area (Å²) < 4.78 is 12.7. The molecule has 1 atom stereocenters. The number of aromatic nitrogens is 1. The molecule has 1 aromatic heterocycles. The van der Waals surface area contributed by atoms with Crippen LogP contribution < -0.4 is 14.4 Å². The number of carbonyl (C=O) groups excluding carboxylic acids is 1. The highest BCUT2D eigenvalue weighted by molar-refractivity contribution is 7.22. The van der Waals surface area contributed by atoms with Crippen LogP contribution in [0.3, 0.4) is 0 Å². The highest BCUT2D eigenvalue weighted by Gasteiger charge is 2.33. The number of thiazole rings is 1. The SMILES string of the molecule is O=C([C@H]1COc2ccccc2O1)N1CCN(c2nc3ccccc3s2)CC1. The molecule has 0 aliphatic carbocycles. The molecular formula is C20H19N3O3S. The third kappa shape index (κ3) is 3.08. The first-order valence-electron chi connectivity index (χ1n) is 9.06. The number of piperazine rings is 1. The van der Waals surface area contributed by atoms with Gasteiger partial charge in [-0.3, -0.25) is 4.79 Å². The maximum Gasteiger partial charge on any atom is 0.267 e. The molecule has 2 aliphatic heterocycles. The Hall–Kier alpha value is -2.80. The van der Waals surface area contributed by atoms with Crippen LogP contribution in [0, 0.1) is 0 Å². The second-order valence-corrected chi connectivity index (χ2v) is 7.65. The number of carbonyl (C=O) groups is 1. The number of fused-ring (bicyclic) bond motifs is 2. The van der Waals surface area contributed by atoms with E-state index in [-0.39, 0.29) is 12.5 Å². The molecular weight excluding hydrogens is 362 g/mol. The molecule has 0 radical (unpaired) electrons. The Labute approximate surface area is 160 Å². The Morgan fingerprint density at radius 2 is 1.74 bits per heavy atom. The summed E-state index contributed by atoms with van der Waals surface area (Å²) in [6.07, 6.45) is -0.575. The van der Waals surface area contributed by atoms with Gasteiger partial charge in [-0.2, -0.15) is 0 Å². The number of hydrogen-bond donors (Lipinski definition) is 0. The van der Waals surface area contributed by atoms with Gasteiger partial charge in [-0.25, -0.2) is 4.98 Å². The third-order valence-electron chi connectivity index (χ3n) is 4.93. The highest BCUT2D eigenvalue weighted by atomic mass is 32.1. The lowest BCUT2D eigenvalue weighted by Gasteiger charge is -2.37. The Balaban J connectivity index is 1.23. The number of para-hydroxylation sites is 3. The summed E-state index contributed by atoms with van der Waals surface area (Å²) in [5.41, 5.74) is 1.03. The number of anilines is 1. The normalized spacial score (nSPS) is 19.3. The molecule has 2 aromatic carbocycles. The zero-order valence-electron chi connectivity index (χ0n) is 14.7. The molecule has 7 heteroatoms. The van der Waals surface area contributed by atoms with E-state index in [1.54, 1.807) is 11.3 Å². The fraction of sp³-hybridized carbons (Fsp3) is 0.300. The molecule has 1 amide bonds. The van der Waals surface area contributed by atoms with Crippen molar-refractivity contribution >= 4 is 32.6 Å². The maximum atomic E-state index is 12.8. The zero-order chi connectivity index (χ0) is 18.2. The molecule has 2 aliphatic rings. The molecule has 138 valence electrons. The van der Waals surface area contributed by atoms with Crippen molar-refractivity contribution in [2.45, 2.75) is 6.10 Å². The van der Waals surface area contributed by atoms with Gasteiger partial charge in [0.2, 0.25) is 6.10 Å². The minimum atomic E-state index is -0.575. The average Bonchev–Trinajstić information content (AvgIpc) is 3.17. The molecule has 1 fully saturated rings. The van der Waals surface area contributed by atoms with Gasteiger partial charge < -0.3 is 19.3 Å². The highest BCUT2D eigenvalue weighted by Crippen LogP contribution is 2.32. The quantitative estimate of drug-likeness (QED) is 0.683. The lowest BCUT2D eigenvalue weighted by molar-refractivity contribution is -0.141. The van der Waals surface area contributed by atoms with Crippen molar-refractivity contribution in [3.63, 3.8) is 0 Å². The van der Waals surface area contributed by atoms with E-state index in [0.29, 0.717) is 24.6 Å². The van der Waals surface area contributed by atoms with Crippen molar-refractivity contribution in [2.24, 2.45) is 0 Å². The number of hydrogen-bond acceptors (Lipinski definition) is 6. The minimum Gasteiger partial charge on any atom is -0.485 e. The van der Waals surface area contributed by atoms with Gasteiger partial charge in [0.25, 0.3) is 5.91 Å². The fourth-order valence-corrected chi connectivity index (χ4v) is 4.48. The number of amides is 1. The predicted octanol–water partition coefficient (Wildman–Crippen LogP) is 2.78. The average molecular weight is 381 g/mol. The van der Waals surface area contributed by atoms with E-state index in [4.69, 9.17) is 14.5 Å². The molecule has 1 saturated heterocycles. The van der Waals surface area contributed by atoms with Crippen molar-refractivity contribution < 1.29 is 14.3 Å². The van der Waals surface area contributed by atoms with Crippen molar-refractivity contribution in [1.29, 1.82) is 0 Å². The second kappa shape index (κ2) is 6.74. The van der Waals surface area contributed by atoms with Crippen LogP contribution in [0.5, 0.6) is 11.5 Å². The van der Waals surface area contributed by atoms with Crippen molar-refractivity contribution in [3.8, 4) is 11.5 Å². The summed E-state index contributed by atoms with van der Waals surface area (Å²) >= 11 is 1.70. The van der Waals surface area contributed by atoms with E-state index in [1.807, 2.05) is 47.4 Å². The standard InChI is InChI=1S/C20H19N3O3S/c24-19(17-13-25-15-6-2-3-7-16(15)26-17)22-9-11-23(12-10-22)20-21-14-5-1-4-8-18(14)27-20/h1-8,17H,9-13H2/t17-/m1/s1. The van der Waals surface area contributed by atoms with Gasteiger partial charge in [-0.05, 0) is 24.3 Å². The first-order chi connectivity index (χ1) is 13.3. The minimum absolute atomic E-state index is 0.00606. The van der Waals surface area contributed by atoms with E-state index in [2.05, 4.69) is 11.0 Å². The maximum absolute atomic E-state index is 12.8. The Bertz CT molecular complexity index is 948. The van der Waals surface area contributed by atoms with E-state index in [9.17, 15) is 4.79 Å². The molecule has 5 rings (SSSR count). The zero-order valence-corrected chi connectivity index (χ0v) is 15.5. The molecule has 0 bridgehead atoms. The van der Waals surface area contributed by atoms with E-state index in [0.717, 1.165) is 23.7 Å². The van der Waals surface area contributed by atoms with Crippen molar-refractivity contribution in [1.82, 2.24) is 9.88 Å². The van der Waals surface area contributed by atoms with Gasteiger partial charge >= 0.3 is 0 Å². The predicted molar refractivity (Wildman–Crippen MR) is 105 cm³/mol. The summed E-state index contributed by atoms with van der Waals surface area (Å²) in [7, 11) is 0. The van der Waals surface area contributed by atoms with Crippen LogP contribution in [-0.4, -0.2) is 54.7 Å². The van der Waals surface area contributed by atoms with Gasteiger partial charge in [-0.1, -0.05) is 35.6 Å². The molecule has 3 heterocycles.